The zero-order valence-electron chi connectivity index (χ0n) is 10.3. The van der Waals surface area contributed by atoms with Gasteiger partial charge >= 0.3 is 0 Å². The monoisotopic (exact) mass is 259 g/mol. The molecule has 1 aromatic heterocycles. The van der Waals surface area contributed by atoms with Crippen LogP contribution in [-0.4, -0.2) is 16.2 Å². The van der Waals surface area contributed by atoms with Gasteiger partial charge < -0.3 is 10.1 Å². The number of aromatic nitrogens is 2. The van der Waals surface area contributed by atoms with Crippen LogP contribution in [0.5, 0.6) is 11.6 Å². The molecule has 1 fully saturated rings. The van der Waals surface area contributed by atoms with E-state index in [9.17, 15) is 4.39 Å². The Labute approximate surface area is 110 Å². The van der Waals surface area contributed by atoms with Gasteiger partial charge in [0, 0.05) is 24.7 Å². The standard InChI is InChI=1S/C14H14FN3O/c15-10-2-1-3-13(8-10)19-14-7-6-12(17-18-14)9-16-11-4-5-11/h1-3,6-8,11,16H,4-5,9H2. The molecular formula is C14H14FN3O. The number of ether oxygens (including phenoxy) is 1. The minimum atomic E-state index is -0.337. The van der Waals surface area contributed by atoms with Crippen molar-refractivity contribution in [2.75, 3.05) is 0 Å². The van der Waals surface area contributed by atoms with E-state index in [4.69, 9.17) is 4.74 Å². The second-order valence-corrected chi connectivity index (χ2v) is 4.58. The lowest BCUT2D eigenvalue weighted by Crippen LogP contribution is -2.16. The molecule has 0 saturated heterocycles. The van der Waals surface area contributed by atoms with Crippen LogP contribution in [0.3, 0.4) is 0 Å². The van der Waals surface area contributed by atoms with Crippen LogP contribution in [-0.2, 0) is 6.54 Å². The molecule has 1 aromatic carbocycles. The summed E-state index contributed by atoms with van der Waals surface area (Å²) in [6.45, 7) is 0.720. The van der Waals surface area contributed by atoms with E-state index in [0.717, 1.165) is 12.2 Å². The molecule has 4 nitrogen and oxygen atoms in total. The maximum atomic E-state index is 13.0. The Morgan fingerprint density at radius 2 is 2.11 bits per heavy atom. The highest BCUT2D eigenvalue weighted by Crippen LogP contribution is 2.20. The molecule has 0 radical (unpaired) electrons. The molecule has 1 aliphatic rings. The zero-order chi connectivity index (χ0) is 13.1. The molecule has 5 heteroatoms. The Kier molecular flexibility index (Phi) is 3.37. The lowest BCUT2D eigenvalue weighted by Gasteiger charge is -2.05. The highest BCUT2D eigenvalue weighted by molar-refractivity contribution is 5.27. The van der Waals surface area contributed by atoms with Gasteiger partial charge in [-0.05, 0) is 31.0 Å². The van der Waals surface area contributed by atoms with Crippen molar-refractivity contribution < 1.29 is 9.13 Å². The molecule has 1 aliphatic carbocycles. The third kappa shape index (κ3) is 3.48. The highest BCUT2D eigenvalue weighted by Gasteiger charge is 2.20. The minimum Gasteiger partial charge on any atom is -0.437 e. The molecule has 3 rings (SSSR count). The first-order valence-electron chi connectivity index (χ1n) is 6.29. The van der Waals surface area contributed by atoms with Crippen LogP contribution >= 0.6 is 0 Å². The lowest BCUT2D eigenvalue weighted by atomic mass is 10.3. The summed E-state index contributed by atoms with van der Waals surface area (Å²) in [7, 11) is 0. The molecule has 2 aromatic rings. The van der Waals surface area contributed by atoms with Crippen molar-refractivity contribution in [1.29, 1.82) is 0 Å². The normalized spacial score (nSPS) is 14.4. The summed E-state index contributed by atoms with van der Waals surface area (Å²) in [6, 6.07) is 10.2. The van der Waals surface area contributed by atoms with Gasteiger partial charge in [0.05, 0.1) is 5.69 Å². The summed E-state index contributed by atoms with van der Waals surface area (Å²) < 4.78 is 18.4. The zero-order valence-corrected chi connectivity index (χ0v) is 10.3. The van der Waals surface area contributed by atoms with E-state index in [0.29, 0.717) is 17.7 Å². The molecule has 1 saturated carbocycles. The van der Waals surface area contributed by atoms with Crippen LogP contribution in [0.4, 0.5) is 4.39 Å². The fourth-order valence-electron chi connectivity index (χ4n) is 1.68. The maximum Gasteiger partial charge on any atom is 0.238 e. The van der Waals surface area contributed by atoms with E-state index >= 15 is 0 Å². The second kappa shape index (κ2) is 5.32. The first-order valence-corrected chi connectivity index (χ1v) is 6.29. The van der Waals surface area contributed by atoms with Crippen molar-refractivity contribution in [2.45, 2.75) is 25.4 Å². The van der Waals surface area contributed by atoms with Gasteiger partial charge in [0.2, 0.25) is 5.88 Å². The smallest absolute Gasteiger partial charge is 0.238 e. The van der Waals surface area contributed by atoms with Gasteiger partial charge in [0.1, 0.15) is 11.6 Å². The summed E-state index contributed by atoms with van der Waals surface area (Å²) in [6.07, 6.45) is 2.49. The van der Waals surface area contributed by atoms with Crippen molar-refractivity contribution in [3.63, 3.8) is 0 Å². The number of hydrogen-bond acceptors (Lipinski definition) is 4. The van der Waals surface area contributed by atoms with Crippen molar-refractivity contribution >= 4 is 0 Å². The first kappa shape index (κ1) is 12.0. The van der Waals surface area contributed by atoms with Gasteiger partial charge in [0.25, 0.3) is 0 Å². The molecule has 1 heterocycles. The molecule has 0 atom stereocenters. The Balaban J connectivity index is 1.61. The molecule has 0 aliphatic heterocycles. The van der Waals surface area contributed by atoms with Crippen LogP contribution in [0.15, 0.2) is 36.4 Å². The number of halogens is 1. The average molecular weight is 259 g/mol. The quantitative estimate of drug-likeness (QED) is 0.896. The third-order valence-electron chi connectivity index (χ3n) is 2.86. The number of nitrogens with zero attached hydrogens (tertiary/aromatic N) is 2. The average Bonchev–Trinajstić information content (AvgIpc) is 3.22. The second-order valence-electron chi connectivity index (χ2n) is 4.58. The summed E-state index contributed by atoms with van der Waals surface area (Å²) in [5.74, 6) is 0.439. The van der Waals surface area contributed by atoms with Gasteiger partial charge in [-0.3, -0.25) is 0 Å². The largest absolute Gasteiger partial charge is 0.437 e. The summed E-state index contributed by atoms with van der Waals surface area (Å²) in [5.41, 5.74) is 0.874. The molecule has 0 bridgehead atoms. The van der Waals surface area contributed by atoms with E-state index in [1.165, 1.54) is 25.0 Å². The van der Waals surface area contributed by atoms with Crippen molar-refractivity contribution in [3.8, 4) is 11.6 Å². The topological polar surface area (TPSA) is 47.0 Å². The summed E-state index contributed by atoms with van der Waals surface area (Å²) in [5, 5.41) is 11.4. The number of benzene rings is 1. The molecule has 19 heavy (non-hydrogen) atoms. The van der Waals surface area contributed by atoms with Crippen LogP contribution in [0, 0.1) is 5.82 Å². The van der Waals surface area contributed by atoms with Crippen LogP contribution in [0.25, 0.3) is 0 Å². The van der Waals surface area contributed by atoms with Crippen molar-refractivity contribution in [2.24, 2.45) is 0 Å². The Morgan fingerprint density at radius 1 is 1.21 bits per heavy atom. The third-order valence-corrected chi connectivity index (χ3v) is 2.86. The number of hydrogen-bond donors (Lipinski definition) is 1. The van der Waals surface area contributed by atoms with Gasteiger partial charge in [-0.2, -0.15) is 5.10 Å². The van der Waals surface area contributed by atoms with E-state index < -0.39 is 0 Å². The molecular weight excluding hydrogens is 245 g/mol. The fourth-order valence-corrected chi connectivity index (χ4v) is 1.68. The predicted octanol–water partition coefficient (Wildman–Crippen LogP) is 2.66. The maximum absolute atomic E-state index is 13.0. The highest BCUT2D eigenvalue weighted by atomic mass is 19.1. The van der Waals surface area contributed by atoms with Gasteiger partial charge in [0.15, 0.2) is 0 Å². The van der Waals surface area contributed by atoms with Crippen molar-refractivity contribution in [1.82, 2.24) is 15.5 Å². The van der Waals surface area contributed by atoms with E-state index in [1.807, 2.05) is 6.07 Å². The minimum absolute atomic E-state index is 0.337. The summed E-state index contributed by atoms with van der Waals surface area (Å²) in [4.78, 5) is 0. The van der Waals surface area contributed by atoms with Crippen LogP contribution in [0.2, 0.25) is 0 Å². The first-order chi connectivity index (χ1) is 9.29. The van der Waals surface area contributed by atoms with E-state index in [-0.39, 0.29) is 5.82 Å². The fraction of sp³-hybridized carbons (Fsp3) is 0.286. The summed E-state index contributed by atoms with van der Waals surface area (Å²) >= 11 is 0. The van der Waals surface area contributed by atoms with Gasteiger partial charge in [-0.15, -0.1) is 5.10 Å². The molecule has 0 amide bonds. The van der Waals surface area contributed by atoms with Gasteiger partial charge in [-0.1, -0.05) is 6.07 Å². The Hall–Kier alpha value is -2.01. The van der Waals surface area contributed by atoms with E-state index in [1.54, 1.807) is 18.2 Å². The molecule has 98 valence electrons. The van der Waals surface area contributed by atoms with Crippen LogP contribution in [0.1, 0.15) is 18.5 Å². The molecule has 1 N–H and O–H groups in total. The van der Waals surface area contributed by atoms with E-state index in [2.05, 4.69) is 15.5 Å². The number of nitrogens with one attached hydrogen (secondary N) is 1. The van der Waals surface area contributed by atoms with Gasteiger partial charge in [-0.25, -0.2) is 4.39 Å². The number of rotatable bonds is 5. The SMILES string of the molecule is Fc1cccc(Oc2ccc(CNC3CC3)nn2)c1. The molecule has 0 unspecified atom stereocenters. The van der Waals surface area contributed by atoms with Crippen LogP contribution < -0.4 is 10.1 Å². The predicted molar refractivity (Wildman–Crippen MR) is 68.4 cm³/mol. The Morgan fingerprint density at radius 3 is 2.79 bits per heavy atom. The van der Waals surface area contributed by atoms with Crippen molar-refractivity contribution in [3.05, 3.63) is 47.9 Å². The lowest BCUT2D eigenvalue weighted by molar-refractivity contribution is 0.449. The Bertz CT molecular complexity index is 555. The molecule has 0 spiro atoms.